The van der Waals surface area contributed by atoms with Gasteiger partial charge in [0.15, 0.2) is 5.78 Å². The van der Waals surface area contributed by atoms with E-state index in [9.17, 15) is 24.0 Å². The van der Waals surface area contributed by atoms with Crippen LogP contribution in [0.3, 0.4) is 0 Å². The zero-order valence-corrected chi connectivity index (χ0v) is 21.4. The molecule has 1 aliphatic heterocycles. The van der Waals surface area contributed by atoms with Crippen molar-refractivity contribution in [2.45, 2.75) is 71.6 Å². The summed E-state index contributed by atoms with van der Waals surface area (Å²) < 4.78 is 10.2. The minimum absolute atomic E-state index is 0.0192. The van der Waals surface area contributed by atoms with E-state index in [-0.39, 0.29) is 54.8 Å². The molecule has 1 aliphatic rings. The third-order valence-corrected chi connectivity index (χ3v) is 5.95. The monoisotopic (exact) mass is 509 g/mol. The summed E-state index contributed by atoms with van der Waals surface area (Å²) in [5.41, 5.74) is 1.89. The summed E-state index contributed by atoms with van der Waals surface area (Å²) in [5.74, 6) is -0.896. The summed E-state index contributed by atoms with van der Waals surface area (Å²) in [7, 11) is 0. The first-order valence-corrected chi connectivity index (χ1v) is 12.5. The lowest BCUT2D eigenvalue weighted by atomic mass is 9.96. The minimum atomic E-state index is -0.531. The van der Waals surface area contributed by atoms with Crippen molar-refractivity contribution in [2.75, 3.05) is 0 Å². The van der Waals surface area contributed by atoms with Crippen molar-refractivity contribution in [2.24, 2.45) is 5.92 Å². The van der Waals surface area contributed by atoms with Crippen molar-refractivity contribution >= 4 is 29.4 Å². The maximum Gasteiger partial charge on any atom is 0.306 e. The van der Waals surface area contributed by atoms with E-state index in [2.05, 4.69) is 5.32 Å². The van der Waals surface area contributed by atoms with Crippen molar-refractivity contribution in [3.8, 4) is 0 Å². The Morgan fingerprint density at radius 1 is 0.865 bits per heavy atom. The average Bonchev–Trinajstić information content (AvgIpc) is 3.23. The van der Waals surface area contributed by atoms with Crippen LogP contribution in [-0.2, 0) is 46.7 Å². The topological polar surface area (TPSA) is 116 Å². The molecule has 0 bridgehead atoms. The fraction of sp³-hybridized carbons (Fsp3) is 0.414. The summed E-state index contributed by atoms with van der Waals surface area (Å²) in [4.78, 5) is 56.6. The molecule has 0 saturated carbocycles. The maximum absolute atomic E-state index is 11.5. The highest BCUT2D eigenvalue weighted by atomic mass is 16.5. The van der Waals surface area contributed by atoms with Crippen LogP contribution in [0.2, 0.25) is 0 Å². The van der Waals surface area contributed by atoms with E-state index in [1.807, 2.05) is 67.6 Å². The Morgan fingerprint density at radius 3 is 1.81 bits per heavy atom. The normalized spacial score (nSPS) is 15.1. The van der Waals surface area contributed by atoms with Crippen molar-refractivity contribution < 1.29 is 33.4 Å². The standard InChI is InChI=1S/C15H20O3.C14H15NO4/c1-3-14(12(2)16)9-10-15(17)18-11-13-7-5-4-6-8-13;16-12-8-13(17)15-11(12)6-7-14(18)19-9-10-4-2-1-3-5-10/h4-8,14H,3,9-11H2,1-2H3;1-5,11H,6-9H2,(H,15,17). The van der Waals surface area contributed by atoms with E-state index in [1.54, 1.807) is 6.92 Å². The number of nitrogens with one attached hydrogen (secondary N) is 1. The van der Waals surface area contributed by atoms with Gasteiger partial charge in [0.05, 0.1) is 12.5 Å². The second kappa shape index (κ2) is 16.0. The number of hydrogen-bond acceptors (Lipinski definition) is 7. The van der Waals surface area contributed by atoms with Crippen LogP contribution in [0.5, 0.6) is 0 Å². The van der Waals surface area contributed by atoms with E-state index in [0.29, 0.717) is 25.9 Å². The first-order chi connectivity index (χ1) is 17.8. The van der Waals surface area contributed by atoms with Gasteiger partial charge in [-0.15, -0.1) is 0 Å². The van der Waals surface area contributed by atoms with Gasteiger partial charge in [-0.05, 0) is 37.3 Å². The summed E-state index contributed by atoms with van der Waals surface area (Å²) in [6, 6.07) is 18.4. The van der Waals surface area contributed by atoms with E-state index in [1.165, 1.54) is 0 Å². The quantitative estimate of drug-likeness (QED) is 0.338. The third-order valence-electron chi connectivity index (χ3n) is 5.95. The fourth-order valence-corrected chi connectivity index (χ4v) is 3.71. The number of benzene rings is 2. The molecule has 1 heterocycles. The number of ketones is 2. The Labute approximate surface area is 217 Å². The summed E-state index contributed by atoms with van der Waals surface area (Å²) in [6.07, 6.45) is 2.02. The average molecular weight is 510 g/mol. The Hall–Kier alpha value is -3.81. The van der Waals surface area contributed by atoms with Gasteiger partial charge in [0.1, 0.15) is 19.0 Å². The van der Waals surface area contributed by atoms with E-state index < -0.39 is 6.04 Å². The molecular formula is C29H35NO7. The van der Waals surface area contributed by atoms with Gasteiger partial charge in [-0.3, -0.25) is 24.0 Å². The molecule has 198 valence electrons. The van der Waals surface area contributed by atoms with Crippen molar-refractivity contribution in [1.29, 1.82) is 0 Å². The van der Waals surface area contributed by atoms with Crippen LogP contribution >= 0.6 is 0 Å². The van der Waals surface area contributed by atoms with Crippen molar-refractivity contribution in [3.63, 3.8) is 0 Å². The first-order valence-electron chi connectivity index (χ1n) is 12.5. The highest BCUT2D eigenvalue weighted by Crippen LogP contribution is 2.13. The molecule has 2 aromatic rings. The van der Waals surface area contributed by atoms with Gasteiger partial charge in [0, 0.05) is 18.8 Å². The molecule has 3 rings (SSSR count). The third kappa shape index (κ3) is 11.6. The van der Waals surface area contributed by atoms with Crippen LogP contribution in [0, 0.1) is 5.92 Å². The number of esters is 2. The van der Waals surface area contributed by atoms with Gasteiger partial charge in [-0.1, -0.05) is 67.6 Å². The lowest BCUT2D eigenvalue weighted by Crippen LogP contribution is -2.29. The molecule has 8 heteroatoms. The van der Waals surface area contributed by atoms with Gasteiger partial charge in [-0.2, -0.15) is 0 Å². The fourth-order valence-electron chi connectivity index (χ4n) is 3.71. The van der Waals surface area contributed by atoms with Crippen molar-refractivity contribution in [1.82, 2.24) is 5.32 Å². The summed E-state index contributed by atoms with van der Waals surface area (Å²) >= 11 is 0. The smallest absolute Gasteiger partial charge is 0.306 e. The minimum Gasteiger partial charge on any atom is -0.461 e. The number of carbonyl (C=O) groups excluding carboxylic acids is 5. The van der Waals surface area contributed by atoms with E-state index in [0.717, 1.165) is 17.5 Å². The van der Waals surface area contributed by atoms with Crippen LogP contribution in [0.1, 0.15) is 63.5 Å². The summed E-state index contributed by atoms with van der Waals surface area (Å²) in [5, 5.41) is 2.54. The zero-order chi connectivity index (χ0) is 27.0. The number of Topliss-reactive ketones (excluding diaryl/α,β-unsaturated/α-hetero) is 2. The Morgan fingerprint density at radius 2 is 1.38 bits per heavy atom. The number of amides is 1. The molecule has 1 fully saturated rings. The number of carbonyl (C=O) groups is 5. The van der Waals surface area contributed by atoms with Gasteiger partial charge < -0.3 is 14.8 Å². The van der Waals surface area contributed by atoms with Gasteiger partial charge in [0.2, 0.25) is 5.91 Å². The Kier molecular flexibility index (Phi) is 12.8. The maximum atomic E-state index is 11.5. The van der Waals surface area contributed by atoms with Crippen LogP contribution in [0.4, 0.5) is 0 Å². The molecule has 2 unspecified atom stereocenters. The van der Waals surface area contributed by atoms with E-state index >= 15 is 0 Å². The van der Waals surface area contributed by atoms with Crippen LogP contribution in [0.15, 0.2) is 60.7 Å². The van der Waals surface area contributed by atoms with Crippen LogP contribution in [0.25, 0.3) is 0 Å². The highest BCUT2D eigenvalue weighted by molar-refractivity contribution is 6.07. The Bertz CT molecular complexity index is 1040. The summed E-state index contributed by atoms with van der Waals surface area (Å²) in [6.45, 7) is 4.06. The lowest BCUT2D eigenvalue weighted by Gasteiger charge is -2.10. The van der Waals surface area contributed by atoms with Gasteiger partial charge in [-0.25, -0.2) is 0 Å². The molecule has 0 radical (unpaired) electrons. The molecular weight excluding hydrogens is 474 g/mol. The molecule has 37 heavy (non-hydrogen) atoms. The van der Waals surface area contributed by atoms with E-state index in [4.69, 9.17) is 9.47 Å². The number of hydrogen-bond donors (Lipinski definition) is 1. The molecule has 2 atom stereocenters. The molecule has 0 spiro atoms. The number of ether oxygens (including phenoxy) is 2. The molecule has 1 N–H and O–H groups in total. The SMILES string of the molecule is CCC(CCC(=O)OCc1ccccc1)C(C)=O.O=C1CC(=O)C(CCC(=O)OCc2ccccc2)N1. The Balaban J connectivity index is 0.000000261. The second-order valence-electron chi connectivity index (χ2n) is 8.85. The van der Waals surface area contributed by atoms with Crippen LogP contribution < -0.4 is 5.32 Å². The van der Waals surface area contributed by atoms with Crippen molar-refractivity contribution in [3.05, 3.63) is 71.8 Å². The molecule has 0 aromatic heterocycles. The molecule has 1 saturated heterocycles. The van der Waals surface area contributed by atoms with Gasteiger partial charge >= 0.3 is 11.9 Å². The molecule has 0 aliphatic carbocycles. The predicted octanol–water partition coefficient (Wildman–Crippen LogP) is 4.09. The first kappa shape index (κ1) is 29.4. The molecule has 2 aromatic carbocycles. The van der Waals surface area contributed by atoms with Crippen LogP contribution in [-0.4, -0.2) is 35.5 Å². The lowest BCUT2D eigenvalue weighted by molar-refractivity contribution is -0.146. The molecule has 1 amide bonds. The zero-order valence-electron chi connectivity index (χ0n) is 21.4. The second-order valence-corrected chi connectivity index (χ2v) is 8.85. The largest absolute Gasteiger partial charge is 0.461 e. The van der Waals surface area contributed by atoms with Gasteiger partial charge in [0.25, 0.3) is 0 Å². The molecule has 8 nitrogen and oxygen atoms in total. The predicted molar refractivity (Wildman–Crippen MR) is 137 cm³/mol. The number of rotatable bonds is 12. The highest BCUT2D eigenvalue weighted by Gasteiger charge is 2.30.